The van der Waals surface area contributed by atoms with Crippen LogP contribution in [0.4, 0.5) is 0 Å². The number of rotatable bonds is 8. The zero-order valence-corrected chi connectivity index (χ0v) is 14.3. The molecular formula is C18H17ClO6. The van der Waals surface area contributed by atoms with Crippen molar-refractivity contribution in [3.63, 3.8) is 0 Å². The summed E-state index contributed by atoms with van der Waals surface area (Å²) in [6.07, 6.45) is 0. The van der Waals surface area contributed by atoms with Crippen molar-refractivity contribution >= 4 is 23.5 Å². The maximum absolute atomic E-state index is 12.4. The normalized spacial score (nSPS) is 10.3. The highest BCUT2D eigenvalue weighted by atomic mass is 35.5. The second kappa shape index (κ2) is 9.05. The molecule has 1 N–H and O–H groups in total. The van der Waals surface area contributed by atoms with E-state index in [0.717, 1.165) is 0 Å². The van der Waals surface area contributed by atoms with Crippen LogP contribution in [0.25, 0.3) is 0 Å². The number of hydrogen-bond acceptors (Lipinski definition) is 5. The first kappa shape index (κ1) is 18.8. The number of hydrogen-bond donors (Lipinski definition) is 1. The molecule has 0 unspecified atom stereocenters. The Morgan fingerprint density at radius 3 is 2.52 bits per heavy atom. The molecule has 6 nitrogen and oxygen atoms in total. The average molecular weight is 365 g/mol. The molecule has 0 radical (unpaired) electrons. The molecule has 132 valence electrons. The summed E-state index contributed by atoms with van der Waals surface area (Å²) < 4.78 is 15.9. The smallest absolute Gasteiger partial charge is 0.347 e. The molecule has 0 spiro atoms. The number of carbonyl (C=O) groups excluding carboxylic acids is 1. The first-order valence-corrected chi connectivity index (χ1v) is 7.95. The van der Waals surface area contributed by atoms with Gasteiger partial charge in [0.15, 0.2) is 0 Å². The second-order valence-corrected chi connectivity index (χ2v) is 5.31. The van der Waals surface area contributed by atoms with E-state index in [4.69, 9.17) is 25.8 Å². The van der Waals surface area contributed by atoms with Crippen molar-refractivity contribution in [1.82, 2.24) is 0 Å². The second-order valence-electron chi connectivity index (χ2n) is 4.88. The Hall–Kier alpha value is -2.57. The van der Waals surface area contributed by atoms with Crippen LogP contribution in [-0.4, -0.2) is 36.9 Å². The van der Waals surface area contributed by atoms with Gasteiger partial charge in [-0.3, -0.25) is 0 Å². The van der Waals surface area contributed by atoms with Crippen LogP contribution < -0.4 is 9.47 Å². The lowest BCUT2D eigenvalue weighted by Crippen LogP contribution is -2.14. The van der Waals surface area contributed by atoms with Gasteiger partial charge in [-0.15, -0.1) is 0 Å². The van der Waals surface area contributed by atoms with Crippen LogP contribution in [0.2, 0.25) is 5.02 Å². The summed E-state index contributed by atoms with van der Waals surface area (Å²) in [6.45, 7) is 3.11. The average Bonchev–Trinajstić information content (AvgIpc) is 2.60. The van der Waals surface area contributed by atoms with Crippen molar-refractivity contribution in [2.75, 3.05) is 19.8 Å². The fourth-order valence-electron chi connectivity index (χ4n) is 2.03. The van der Waals surface area contributed by atoms with Gasteiger partial charge in [0.2, 0.25) is 0 Å². The molecule has 25 heavy (non-hydrogen) atoms. The maximum Gasteiger partial charge on any atom is 0.347 e. The summed E-state index contributed by atoms with van der Waals surface area (Å²) in [5, 5.41) is 9.44. The van der Waals surface area contributed by atoms with Crippen molar-refractivity contribution in [3.05, 3.63) is 58.6 Å². The van der Waals surface area contributed by atoms with E-state index in [2.05, 4.69) is 0 Å². The number of halogens is 1. The number of ether oxygens (including phenoxy) is 3. The lowest BCUT2D eigenvalue weighted by Gasteiger charge is -2.12. The van der Waals surface area contributed by atoms with E-state index >= 15 is 0 Å². The summed E-state index contributed by atoms with van der Waals surface area (Å²) in [6, 6.07) is 10.5. The summed E-state index contributed by atoms with van der Waals surface area (Å²) in [7, 11) is 0. The van der Waals surface area contributed by atoms with Gasteiger partial charge in [-0.1, -0.05) is 23.7 Å². The van der Waals surface area contributed by atoms with Gasteiger partial charge < -0.3 is 19.3 Å². The SMILES string of the molecule is CCOCCOc1ccccc1C(=O)Oc1ccc(Cl)cc1C(=O)O. The number of aromatic carboxylic acids is 1. The molecule has 0 atom stereocenters. The Morgan fingerprint density at radius 2 is 1.80 bits per heavy atom. The molecule has 0 fully saturated rings. The largest absolute Gasteiger partial charge is 0.490 e. The number of para-hydroxylation sites is 1. The maximum atomic E-state index is 12.4. The predicted octanol–water partition coefficient (Wildman–Crippen LogP) is 3.67. The zero-order chi connectivity index (χ0) is 18.2. The monoisotopic (exact) mass is 364 g/mol. The number of carbonyl (C=O) groups is 2. The van der Waals surface area contributed by atoms with Gasteiger partial charge in [0.25, 0.3) is 0 Å². The minimum atomic E-state index is -1.24. The van der Waals surface area contributed by atoms with E-state index in [1.807, 2.05) is 6.92 Å². The van der Waals surface area contributed by atoms with Gasteiger partial charge in [0.05, 0.1) is 6.61 Å². The molecule has 2 aromatic carbocycles. The number of carboxylic acid groups (broad SMARTS) is 1. The molecule has 7 heteroatoms. The van der Waals surface area contributed by atoms with E-state index < -0.39 is 11.9 Å². The number of esters is 1. The van der Waals surface area contributed by atoms with Crippen LogP contribution in [0.1, 0.15) is 27.6 Å². The van der Waals surface area contributed by atoms with Crippen molar-refractivity contribution in [3.8, 4) is 11.5 Å². The predicted molar refractivity (Wildman–Crippen MR) is 91.8 cm³/mol. The first-order chi connectivity index (χ1) is 12.0. The standard InChI is InChI=1S/C18H17ClO6/c1-2-23-9-10-24-15-6-4-3-5-13(15)18(22)25-16-8-7-12(19)11-14(16)17(20)21/h3-8,11H,2,9-10H2,1H3,(H,20,21). The highest BCUT2D eigenvalue weighted by molar-refractivity contribution is 6.31. The fourth-order valence-corrected chi connectivity index (χ4v) is 2.20. The quantitative estimate of drug-likeness (QED) is 0.437. The lowest BCUT2D eigenvalue weighted by atomic mass is 10.2. The molecular weight excluding hydrogens is 348 g/mol. The van der Waals surface area contributed by atoms with Crippen molar-refractivity contribution in [2.45, 2.75) is 6.92 Å². The Bertz CT molecular complexity index is 759. The third-order valence-electron chi connectivity index (χ3n) is 3.17. The summed E-state index contributed by atoms with van der Waals surface area (Å²) >= 11 is 5.79. The minimum Gasteiger partial charge on any atom is -0.490 e. The van der Waals surface area contributed by atoms with E-state index in [0.29, 0.717) is 19.0 Å². The summed E-state index contributed by atoms with van der Waals surface area (Å²) in [5.41, 5.74) is -0.0131. The highest BCUT2D eigenvalue weighted by Crippen LogP contribution is 2.26. The molecule has 2 rings (SSSR count). The molecule has 0 heterocycles. The Kier molecular flexibility index (Phi) is 6.80. The zero-order valence-electron chi connectivity index (χ0n) is 13.5. The number of carboxylic acids is 1. The van der Waals surface area contributed by atoms with Crippen molar-refractivity contribution in [1.29, 1.82) is 0 Å². The molecule has 0 aliphatic carbocycles. The van der Waals surface area contributed by atoms with Crippen LogP contribution in [0, 0.1) is 0 Å². The van der Waals surface area contributed by atoms with Crippen LogP contribution in [0.15, 0.2) is 42.5 Å². The topological polar surface area (TPSA) is 82.1 Å². The lowest BCUT2D eigenvalue weighted by molar-refractivity contribution is 0.0679. The van der Waals surface area contributed by atoms with Crippen LogP contribution in [0.3, 0.4) is 0 Å². The van der Waals surface area contributed by atoms with E-state index in [-0.39, 0.29) is 28.5 Å². The first-order valence-electron chi connectivity index (χ1n) is 7.57. The fraction of sp³-hybridized carbons (Fsp3) is 0.222. The summed E-state index contributed by atoms with van der Waals surface area (Å²) in [5.74, 6) is -1.73. The van der Waals surface area contributed by atoms with E-state index in [1.54, 1.807) is 18.2 Å². The Morgan fingerprint density at radius 1 is 1.04 bits per heavy atom. The Balaban J connectivity index is 2.18. The highest BCUT2D eigenvalue weighted by Gasteiger charge is 2.19. The van der Waals surface area contributed by atoms with E-state index in [9.17, 15) is 14.7 Å². The van der Waals surface area contributed by atoms with Gasteiger partial charge in [-0.05, 0) is 37.3 Å². The Labute approximate surface area is 149 Å². The van der Waals surface area contributed by atoms with E-state index in [1.165, 1.54) is 24.3 Å². The molecule has 0 aromatic heterocycles. The third-order valence-corrected chi connectivity index (χ3v) is 3.41. The molecule has 0 saturated carbocycles. The molecule has 0 amide bonds. The van der Waals surface area contributed by atoms with Crippen molar-refractivity contribution < 1.29 is 28.9 Å². The molecule has 2 aromatic rings. The van der Waals surface area contributed by atoms with Crippen LogP contribution in [-0.2, 0) is 4.74 Å². The van der Waals surface area contributed by atoms with Gasteiger partial charge in [-0.25, -0.2) is 9.59 Å². The van der Waals surface area contributed by atoms with Gasteiger partial charge in [0.1, 0.15) is 29.2 Å². The molecule has 0 aliphatic rings. The van der Waals surface area contributed by atoms with Gasteiger partial charge in [-0.2, -0.15) is 0 Å². The van der Waals surface area contributed by atoms with Crippen molar-refractivity contribution in [2.24, 2.45) is 0 Å². The van der Waals surface area contributed by atoms with Gasteiger partial charge in [0, 0.05) is 11.6 Å². The van der Waals surface area contributed by atoms with Crippen LogP contribution in [0.5, 0.6) is 11.5 Å². The molecule has 0 saturated heterocycles. The van der Waals surface area contributed by atoms with Crippen LogP contribution >= 0.6 is 11.6 Å². The number of benzene rings is 2. The minimum absolute atomic E-state index is 0.0916. The third kappa shape index (κ3) is 5.20. The summed E-state index contributed by atoms with van der Waals surface area (Å²) in [4.78, 5) is 23.7. The van der Waals surface area contributed by atoms with Gasteiger partial charge >= 0.3 is 11.9 Å². The molecule has 0 bridgehead atoms. The molecule has 0 aliphatic heterocycles.